The number of nitrogens with one attached hydrogen (secondary N) is 2. The molecule has 0 unspecified atom stereocenters. The van der Waals surface area contributed by atoms with Gasteiger partial charge in [0.25, 0.3) is 0 Å². The number of rotatable bonds is 11. The number of methoxy groups -OCH3 is 4. The molecule has 3 rings (SSSR count). The van der Waals surface area contributed by atoms with Gasteiger partial charge in [-0.15, -0.1) is 0 Å². The van der Waals surface area contributed by atoms with Gasteiger partial charge in [-0.05, 0) is 43.0 Å². The average molecular weight is 500 g/mol. The lowest BCUT2D eigenvalue weighted by atomic mass is 9.85. The van der Waals surface area contributed by atoms with Gasteiger partial charge in [0.2, 0.25) is 11.8 Å². The standard InChI is InChI=1S/C27H37N3O6/c1-18-8-6-7-9-23(18)30(16-26(31)28-21-12-10-19(33-2)14-24(21)35-4)17-27(32)29-22-13-11-20(34-3)15-25(22)36-5/h10-15,18,23H,6-9,16-17H2,1-5H3,(H,28,31)(H,29,32)/t18-,23-/m1/s1. The summed E-state index contributed by atoms with van der Waals surface area (Å²) in [6.07, 6.45) is 4.26. The van der Waals surface area contributed by atoms with E-state index in [9.17, 15) is 9.59 Å². The maximum atomic E-state index is 13.1. The second kappa shape index (κ2) is 13.0. The van der Waals surface area contributed by atoms with Gasteiger partial charge in [-0.1, -0.05) is 19.8 Å². The van der Waals surface area contributed by atoms with Gasteiger partial charge in [-0.3, -0.25) is 14.5 Å². The Morgan fingerprint density at radius 2 is 1.25 bits per heavy atom. The first-order valence-electron chi connectivity index (χ1n) is 12.2. The summed E-state index contributed by atoms with van der Waals surface area (Å²) in [6.45, 7) is 2.35. The minimum Gasteiger partial charge on any atom is -0.497 e. The Morgan fingerprint density at radius 1 is 0.778 bits per heavy atom. The van der Waals surface area contributed by atoms with E-state index in [0.29, 0.717) is 40.3 Å². The molecular formula is C27H37N3O6. The first-order valence-corrected chi connectivity index (χ1v) is 12.2. The SMILES string of the molecule is COc1ccc(NC(=O)CN(CC(=O)Nc2ccc(OC)cc2OC)[C@@H]2CCCC[C@H]2C)c(OC)c1. The van der Waals surface area contributed by atoms with E-state index in [4.69, 9.17) is 18.9 Å². The first-order chi connectivity index (χ1) is 17.4. The van der Waals surface area contributed by atoms with Gasteiger partial charge in [-0.2, -0.15) is 0 Å². The Bertz CT molecular complexity index is 973. The van der Waals surface area contributed by atoms with Crippen LogP contribution in [0.5, 0.6) is 23.0 Å². The molecule has 36 heavy (non-hydrogen) atoms. The van der Waals surface area contributed by atoms with E-state index in [1.807, 2.05) is 4.90 Å². The predicted molar refractivity (Wildman–Crippen MR) is 139 cm³/mol. The normalized spacial score (nSPS) is 17.3. The van der Waals surface area contributed by atoms with Crippen molar-refractivity contribution in [2.75, 3.05) is 52.2 Å². The van der Waals surface area contributed by atoms with E-state index in [1.54, 1.807) is 50.6 Å². The average Bonchev–Trinajstić information content (AvgIpc) is 2.89. The second-order valence-corrected chi connectivity index (χ2v) is 8.96. The van der Waals surface area contributed by atoms with Crippen LogP contribution in [0, 0.1) is 5.92 Å². The Hall–Kier alpha value is -3.46. The summed E-state index contributed by atoms with van der Waals surface area (Å²) in [5, 5.41) is 5.85. The van der Waals surface area contributed by atoms with Crippen LogP contribution < -0.4 is 29.6 Å². The Labute approximate surface area is 213 Å². The third kappa shape index (κ3) is 7.04. The molecule has 0 heterocycles. The molecule has 2 N–H and O–H groups in total. The molecule has 0 saturated heterocycles. The molecule has 9 heteroatoms. The van der Waals surface area contributed by atoms with Gasteiger partial charge in [0.05, 0.1) is 52.9 Å². The van der Waals surface area contributed by atoms with Gasteiger partial charge >= 0.3 is 0 Å². The number of amides is 2. The molecule has 1 aliphatic carbocycles. The summed E-state index contributed by atoms with van der Waals surface area (Å²) >= 11 is 0. The Morgan fingerprint density at radius 3 is 1.67 bits per heavy atom. The molecule has 1 saturated carbocycles. The largest absolute Gasteiger partial charge is 0.497 e. The van der Waals surface area contributed by atoms with Gasteiger partial charge in [0, 0.05) is 18.2 Å². The summed E-state index contributed by atoms with van der Waals surface area (Å²) < 4.78 is 21.3. The van der Waals surface area contributed by atoms with Gasteiger partial charge in [0.15, 0.2) is 0 Å². The zero-order valence-corrected chi connectivity index (χ0v) is 21.8. The highest BCUT2D eigenvalue weighted by Crippen LogP contribution is 2.31. The fourth-order valence-corrected chi connectivity index (χ4v) is 4.68. The lowest BCUT2D eigenvalue weighted by Gasteiger charge is -2.38. The fourth-order valence-electron chi connectivity index (χ4n) is 4.68. The first kappa shape index (κ1) is 27.1. The molecule has 2 aromatic carbocycles. The van der Waals surface area contributed by atoms with Crippen molar-refractivity contribution < 1.29 is 28.5 Å². The molecule has 0 aliphatic heterocycles. The topological polar surface area (TPSA) is 98.4 Å². The molecule has 0 spiro atoms. The maximum Gasteiger partial charge on any atom is 0.238 e. The Kier molecular flexibility index (Phi) is 9.81. The van der Waals surface area contributed by atoms with E-state index >= 15 is 0 Å². The van der Waals surface area contributed by atoms with Crippen LogP contribution in [0.2, 0.25) is 0 Å². The highest BCUT2D eigenvalue weighted by Gasteiger charge is 2.30. The monoisotopic (exact) mass is 499 g/mol. The number of hydrogen-bond acceptors (Lipinski definition) is 7. The maximum absolute atomic E-state index is 13.1. The van der Waals surface area contributed by atoms with Gasteiger partial charge in [0.1, 0.15) is 23.0 Å². The second-order valence-electron chi connectivity index (χ2n) is 8.96. The van der Waals surface area contributed by atoms with Crippen LogP contribution in [-0.4, -0.2) is 64.3 Å². The van der Waals surface area contributed by atoms with Crippen LogP contribution in [0.15, 0.2) is 36.4 Å². The molecule has 1 fully saturated rings. The number of anilines is 2. The summed E-state index contributed by atoms with van der Waals surface area (Å²) in [6, 6.07) is 10.6. The summed E-state index contributed by atoms with van der Waals surface area (Å²) in [5.41, 5.74) is 1.10. The molecule has 0 aromatic heterocycles. The van der Waals surface area contributed by atoms with Crippen molar-refractivity contribution >= 4 is 23.2 Å². The zero-order chi connectivity index (χ0) is 26.1. The van der Waals surface area contributed by atoms with Crippen molar-refractivity contribution in [2.45, 2.75) is 38.6 Å². The molecule has 2 atom stereocenters. The number of hydrogen-bond donors (Lipinski definition) is 2. The van der Waals surface area contributed by atoms with E-state index < -0.39 is 0 Å². The van der Waals surface area contributed by atoms with Crippen LogP contribution >= 0.6 is 0 Å². The smallest absolute Gasteiger partial charge is 0.238 e. The lowest BCUT2D eigenvalue weighted by Crippen LogP contribution is -2.48. The van der Waals surface area contributed by atoms with E-state index in [1.165, 1.54) is 14.2 Å². The third-order valence-corrected chi connectivity index (χ3v) is 6.59. The summed E-state index contributed by atoms with van der Waals surface area (Å²) in [5.74, 6) is 2.22. The van der Waals surface area contributed by atoms with Gasteiger partial charge in [-0.25, -0.2) is 0 Å². The van der Waals surface area contributed by atoms with Crippen LogP contribution in [0.1, 0.15) is 32.6 Å². The van der Waals surface area contributed by atoms with E-state index in [-0.39, 0.29) is 30.9 Å². The van der Waals surface area contributed by atoms with Crippen molar-refractivity contribution in [1.29, 1.82) is 0 Å². The van der Waals surface area contributed by atoms with Crippen LogP contribution in [0.3, 0.4) is 0 Å². The molecule has 1 aliphatic rings. The number of nitrogens with zero attached hydrogens (tertiary/aromatic N) is 1. The molecule has 9 nitrogen and oxygen atoms in total. The van der Waals surface area contributed by atoms with Crippen molar-refractivity contribution in [3.05, 3.63) is 36.4 Å². The van der Waals surface area contributed by atoms with Crippen LogP contribution in [0.4, 0.5) is 11.4 Å². The molecule has 2 aromatic rings. The molecule has 2 amide bonds. The van der Waals surface area contributed by atoms with Crippen LogP contribution in [0.25, 0.3) is 0 Å². The van der Waals surface area contributed by atoms with Crippen LogP contribution in [-0.2, 0) is 9.59 Å². The fraction of sp³-hybridized carbons (Fsp3) is 0.481. The number of ether oxygens (including phenoxy) is 4. The third-order valence-electron chi connectivity index (χ3n) is 6.59. The van der Waals surface area contributed by atoms with Gasteiger partial charge < -0.3 is 29.6 Å². The molecule has 0 bridgehead atoms. The predicted octanol–water partition coefficient (Wildman–Crippen LogP) is 4.18. The summed E-state index contributed by atoms with van der Waals surface area (Å²) in [7, 11) is 6.22. The minimum absolute atomic E-state index is 0.0807. The minimum atomic E-state index is -0.217. The number of benzene rings is 2. The molecule has 196 valence electrons. The van der Waals surface area contributed by atoms with E-state index in [2.05, 4.69) is 17.6 Å². The highest BCUT2D eigenvalue weighted by molar-refractivity contribution is 5.96. The number of carbonyl (C=O) groups excluding carboxylic acids is 2. The van der Waals surface area contributed by atoms with Crippen molar-refractivity contribution in [2.24, 2.45) is 5.92 Å². The highest BCUT2D eigenvalue weighted by atomic mass is 16.5. The van der Waals surface area contributed by atoms with Crippen molar-refractivity contribution in [1.82, 2.24) is 4.90 Å². The quantitative estimate of drug-likeness (QED) is 0.479. The Balaban J connectivity index is 1.74. The molecule has 0 radical (unpaired) electrons. The summed E-state index contributed by atoms with van der Waals surface area (Å²) in [4.78, 5) is 28.2. The van der Waals surface area contributed by atoms with Crippen molar-refractivity contribution in [3.8, 4) is 23.0 Å². The lowest BCUT2D eigenvalue weighted by molar-refractivity contribution is -0.121. The number of carbonyl (C=O) groups is 2. The van der Waals surface area contributed by atoms with Crippen molar-refractivity contribution in [3.63, 3.8) is 0 Å². The zero-order valence-electron chi connectivity index (χ0n) is 21.8. The van der Waals surface area contributed by atoms with E-state index in [0.717, 1.165) is 25.7 Å². The molecular weight excluding hydrogens is 462 g/mol.